The Morgan fingerprint density at radius 3 is 2.07 bits per heavy atom. The number of β-amino-alcohol motifs (C(OH)–C–C–N with tert-alkyl or cyclic N) is 1. The molecule has 0 aliphatic carbocycles. The van der Waals surface area contributed by atoms with Crippen LogP contribution in [0.2, 0.25) is 5.02 Å². The maximum atomic E-state index is 10.3. The highest BCUT2D eigenvalue weighted by Gasteiger charge is 2.19. The molecule has 29 heavy (non-hydrogen) atoms. The molecule has 2 aromatic carbocycles. The number of hydrogen-bond donors (Lipinski definition) is 1. The van der Waals surface area contributed by atoms with Crippen molar-refractivity contribution in [3.05, 3.63) is 64.2 Å². The first-order valence-electron chi connectivity index (χ1n) is 9.56. The second-order valence-corrected chi connectivity index (χ2v) is 7.93. The van der Waals surface area contributed by atoms with Crippen molar-refractivity contribution in [3.8, 4) is 5.75 Å². The third kappa shape index (κ3) is 8.71. The van der Waals surface area contributed by atoms with Crippen molar-refractivity contribution in [1.29, 1.82) is 0 Å². The van der Waals surface area contributed by atoms with Crippen molar-refractivity contribution in [2.45, 2.75) is 26.5 Å². The van der Waals surface area contributed by atoms with Gasteiger partial charge in [-0.25, -0.2) is 0 Å². The molecule has 1 aliphatic heterocycles. The molecule has 1 fully saturated rings. The first-order chi connectivity index (χ1) is 13.0. The zero-order chi connectivity index (χ0) is 19.2. The third-order valence-electron chi connectivity index (χ3n) is 4.89. The molecule has 0 spiro atoms. The number of benzene rings is 2. The second-order valence-electron chi connectivity index (χ2n) is 7.49. The highest BCUT2D eigenvalue weighted by molar-refractivity contribution is 6.30. The maximum Gasteiger partial charge on any atom is 0.119 e. The van der Waals surface area contributed by atoms with E-state index in [-0.39, 0.29) is 24.8 Å². The number of aliphatic hydroxyl groups excluding tert-OH is 1. The molecule has 1 atom stereocenters. The van der Waals surface area contributed by atoms with Crippen LogP contribution in [0.4, 0.5) is 0 Å². The van der Waals surface area contributed by atoms with Crippen LogP contribution in [0, 0.1) is 13.8 Å². The lowest BCUT2D eigenvalue weighted by Crippen LogP contribution is -2.48. The minimum Gasteiger partial charge on any atom is -0.491 e. The summed E-state index contributed by atoms with van der Waals surface area (Å²) in [4.78, 5) is 4.76. The molecule has 3 rings (SSSR count). The molecule has 2 aromatic rings. The van der Waals surface area contributed by atoms with Crippen molar-refractivity contribution >= 4 is 36.4 Å². The molecule has 1 saturated heterocycles. The van der Waals surface area contributed by atoms with Gasteiger partial charge in [-0.1, -0.05) is 29.8 Å². The molecule has 1 unspecified atom stereocenters. The van der Waals surface area contributed by atoms with Crippen LogP contribution in [0.25, 0.3) is 0 Å². The standard InChI is InChI=1S/C22H29ClN2O2.2ClH/c1-17-11-18(2)13-22(12-17)27-16-21(26)15-25-9-7-24(8-10-25)14-19-3-5-20(23)6-4-19;;/h3-6,11-13,21,26H,7-10,14-16H2,1-2H3;2*1H. The first-order valence-corrected chi connectivity index (χ1v) is 9.94. The lowest BCUT2D eigenvalue weighted by atomic mass is 10.1. The van der Waals surface area contributed by atoms with Gasteiger partial charge in [0.2, 0.25) is 0 Å². The Morgan fingerprint density at radius 1 is 0.931 bits per heavy atom. The van der Waals surface area contributed by atoms with Gasteiger partial charge in [-0.05, 0) is 54.8 Å². The summed E-state index contributed by atoms with van der Waals surface area (Å²) in [5.41, 5.74) is 3.64. The van der Waals surface area contributed by atoms with Gasteiger partial charge in [-0.15, -0.1) is 24.8 Å². The molecule has 1 aliphatic rings. The Kier molecular flexibility index (Phi) is 11.3. The van der Waals surface area contributed by atoms with E-state index in [1.807, 2.05) is 24.3 Å². The molecule has 0 bridgehead atoms. The molecule has 4 nitrogen and oxygen atoms in total. The monoisotopic (exact) mass is 460 g/mol. The largest absolute Gasteiger partial charge is 0.491 e. The summed E-state index contributed by atoms with van der Waals surface area (Å²) in [7, 11) is 0. The summed E-state index contributed by atoms with van der Waals surface area (Å²) in [6.45, 7) is 9.99. The van der Waals surface area contributed by atoms with Crippen LogP contribution in [-0.4, -0.2) is 60.3 Å². The number of rotatable bonds is 7. The average Bonchev–Trinajstić information content (AvgIpc) is 2.63. The smallest absolute Gasteiger partial charge is 0.119 e. The fourth-order valence-electron chi connectivity index (χ4n) is 3.54. The van der Waals surface area contributed by atoms with E-state index in [4.69, 9.17) is 16.3 Å². The van der Waals surface area contributed by atoms with E-state index in [1.54, 1.807) is 0 Å². The Balaban J connectivity index is 0.00000210. The summed E-state index contributed by atoms with van der Waals surface area (Å²) < 4.78 is 5.78. The first kappa shape index (κ1) is 26.0. The minimum atomic E-state index is -0.478. The number of halogens is 3. The number of aliphatic hydroxyl groups is 1. The summed E-state index contributed by atoms with van der Waals surface area (Å²) in [6.07, 6.45) is -0.478. The molecule has 1 heterocycles. The van der Waals surface area contributed by atoms with E-state index in [1.165, 1.54) is 16.7 Å². The summed E-state index contributed by atoms with van der Waals surface area (Å²) in [5.74, 6) is 0.833. The SMILES string of the molecule is Cc1cc(C)cc(OCC(O)CN2CCN(Cc3ccc(Cl)cc3)CC2)c1.Cl.Cl. The van der Waals surface area contributed by atoms with Crippen molar-refractivity contribution in [2.24, 2.45) is 0 Å². The maximum absolute atomic E-state index is 10.3. The molecular weight excluding hydrogens is 431 g/mol. The number of aryl methyl sites for hydroxylation is 2. The Labute approximate surface area is 191 Å². The van der Waals surface area contributed by atoms with E-state index in [9.17, 15) is 5.11 Å². The lowest BCUT2D eigenvalue weighted by molar-refractivity contribution is 0.0446. The number of piperazine rings is 1. The van der Waals surface area contributed by atoms with Crippen LogP contribution >= 0.6 is 36.4 Å². The van der Waals surface area contributed by atoms with Gasteiger partial charge >= 0.3 is 0 Å². The molecule has 0 saturated carbocycles. The van der Waals surface area contributed by atoms with Crippen LogP contribution in [0.1, 0.15) is 16.7 Å². The van der Waals surface area contributed by atoms with Crippen molar-refractivity contribution < 1.29 is 9.84 Å². The number of nitrogens with zero attached hydrogens (tertiary/aromatic N) is 2. The van der Waals surface area contributed by atoms with Crippen LogP contribution in [-0.2, 0) is 6.54 Å². The fraction of sp³-hybridized carbons (Fsp3) is 0.455. The second kappa shape index (κ2) is 12.6. The fourth-order valence-corrected chi connectivity index (χ4v) is 3.66. The average molecular weight is 462 g/mol. The topological polar surface area (TPSA) is 35.9 Å². The lowest BCUT2D eigenvalue weighted by Gasteiger charge is -2.35. The van der Waals surface area contributed by atoms with Crippen molar-refractivity contribution in [2.75, 3.05) is 39.3 Å². The zero-order valence-electron chi connectivity index (χ0n) is 17.0. The third-order valence-corrected chi connectivity index (χ3v) is 5.14. The minimum absolute atomic E-state index is 0. The van der Waals surface area contributed by atoms with Gasteiger partial charge in [-0.2, -0.15) is 0 Å². The van der Waals surface area contributed by atoms with Gasteiger partial charge in [0, 0.05) is 44.3 Å². The van der Waals surface area contributed by atoms with E-state index in [2.05, 4.69) is 41.8 Å². The van der Waals surface area contributed by atoms with E-state index in [0.717, 1.165) is 43.5 Å². The zero-order valence-corrected chi connectivity index (χ0v) is 19.4. The molecule has 7 heteroatoms. The van der Waals surface area contributed by atoms with Gasteiger partial charge < -0.3 is 9.84 Å². The summed E-state index contributed by atoms with van der Waals surface area (Å²) in [6, 6.07) is 14.2. The van der Waals surface area contributed by atoms with Crippen LogP contribution < -0.4 is 4.74 Å². The van der Waals surface area contributed by atoms with Gasteiger partial charge in [0.25, 0.3) is 0 Å². The predicted molar refractivity (Wildman–Crippen MR) is 125 cm³/mol. The Bertz CT molecular complexity index is 715. The van der Waals surface area contributed by atoms with E-state index in [0.29, 0.717) is 13.2 Å². The molecule has 0 aromatic heterocycles. The Morgan fingerprint density at radius 2 is 1.48 bits per heavy atom. The van der Waals surface area contributed by atoms with E-state index < -0.39 is 6.10 Å². The van der Waals surface area contributed by atoms with Crippen LogP contribution in [0.15, 0.2) is 42.5 Å². The summed E-state index contributed by atoms with van der Waals surface area (Å²) >= 11 is 5.95. The molecule has 0 amide bonds. The van der Waals surface area contributed by atoms with Crippen LogP contribution in [0.5, 0.6) is 5.75 Å². The predicted octanol–water partition coefficient (Wildman–Crippen LogP) is 4.36. The van der Waals surface area contributed by atoms with Gasteiger partial charge in [-0.3, -0.25) is 9.80 Å². The number of hydrogen-bond acceptors (Lipinski definition) is 4. The molecular formula is C22H31Cl3N2O2. The van der Waals surface area contributed by atoms with Gasteiger partial charge in [0.15, 0.2) is 0 Å². The summed E-state index contributed by atoms with van der Waals surface area (Å²) in [5, 5.41) is 11.1. The van der Waals surface area contributed by atoms with Crippen molar-refractivity contribution in [3.63, 3.8) is 0 Å². The van der Waals surface area contributed by atoms with Crippen LogP contribution in [0.3, 0.4) is 0 Å². The highest BCUT2D eigenvalue weighted by Crippen LogP contribution is 2.17. The normalized spacial score (nSPS) is 15.9. The van der Waals surface area contributed by atoms with Crippen molar-refractivity contribution in [1.82, 2.24) is 9.80 Å². The number of ether oxygens (including phenoxy) is 1. The quantitative estimate of drug-likeness (QED) is 0.665. The molecule has 1 N–H and O–H groups in total. The highest BCUT2D eigenvalue weighted by atomic mass is 35.5. The van der Waals surface area contributed by atoms with Gasteiger partial charge in [0.05, 0.1) is 0 Å². The van der Waals surface area contributed by atoms with E-state index >= 15 is 0 Å². The Hall–Kier alpha value is -1.01. The molecule has 0 radical (unpaired) electrons. The molecule has 162 valence electrons. The van der Waals surface area contributed by atoms with Gasteiger partial charge in [0.1, 0.15) is 18.5 Å².